The third-order valence-electron chi connectivity index (χ3n) is 4.92. The number of benzene rings is 2. The summed E-state index contributed by atoms with van der Waals surface area (Å²) < 4.78 is 36.3. The number of nitrogens with zero attached hydrogens (tertiary/aromatic N) is 5. The molecule has 0 spiro atoms. The molecule has 0 unspecified atom stereocenters. The van der Waals surface area contributed by atoms with Crippen LogP contribution in [0, 0.1) is 6.92 Å². The first-order valence-electron chi connectivity index (χ1n) is 10.1. The summed E-state index contributed by atoms with van der Waals surface area (Å²) in [7, 11) is -2.07. The van der Waals surface area contributed by atoms with Crippen molar-refractivity contribution in [3.63, 3.8) is 0 Å². The van der Waals surface area contributed by atoms with Crippen molar-refractivity contribution in [2.75, 3.05) is 25.2 Å². The molecule has 0 fully saturated rings. The van der Waals surface area contributed by atoms with Crippen molar-refractivity contribution in [2.45, 2.75) is 16.7 Å². The molecule has 0 radical (unpaired) electrons. The number of sulfone groups is 1. The van der Waals surface area contributed by atoms with E-state index in [1.54, 1.807) is 31.2 Å². The van der Waals surface area contributed by atoms with Crippen molar-refractivity contribution >= 4 is 60.1 Å². The summed E-state index contributed by atoms with van der Waals surface area (Å²) >= 11 is 2.03. The van der Waals surface area contributed by atoms with E-state index in [0.29, 0.717) is 38.4 Å². The average Bonchev–Trinajstić information content (AvgIpc) is 3.39. The molecule has 0 saturated heterocycles. The number of aryl methyl sites for hydroxylation is 1. The van der Waals surface area contributed by atoms with Crippen LogP contribution in [0.2, 0.25) is 0 Å². The van der Waals surface area contributed by atoms with E-state index in [2.05, 4.69) is 29.7 Å². The fraction of sp³-hybridized carbons (Fsp3) is 0.200. The molecular formula is C20H20N6O7S3. The zero-order valence-corrected chi connectivity index (χ0v) is 21.3. The van der Waals surface area contributed by atoms with Crippen LogP contribution in [-0.4, -0.2) is 53.0 Å². The molecular weight excluding hydrogens is 532 g/mol. The summed E-state index contributed by atoms with van der Waals surface area (Å²) in [6.07, 6.45) is 0. The lowest BCUT2D eigenvalue weighted by Crippen LogP contribution is -2.10. The standard InChI is InChI=1S/C20H20N6O7S3/c1-11-18(19(21)26(25-11)12-3-5-13(6-4-12)36(29,30)8-7-27)23-24-20-22-14-9-17(35-33-32-28)15(31-2)10-16(14)34-20/h3-6,9-10,27-28H,7-8,21H2,1-2H3/b24-23+. The fourth-order valence-corrected chi connectivity index (χ4v) is 5.54. The highest BCUT2D eigenvalue weighted by atomic mass is 32.2. The molecule has 4 aromatic rings. The second-order valence-electron chi connectivity index (χ2n) is 7.16. The van der Waals surface area contributed by atoms with Gasteiger partial charge in [0.05, 0.1) is 62.9 Å². The van der Waals surface area contributed by atoms with Crippen LogP contribution in [0.25, 0.3) is 15.9 Å². The van der Waals surface area contributed by atoms with E-state index >= 15 is 0 Å². The summed E-state index contributed by atoms with van der Waals surface area (Å²) in [6, 6.07) is 9.42. The topological polar surface area (TPSA) is 184 Å². The summed E-state index contributed by atoms with van der Waals surface area (Å²) in [5.74, 6) is 0.349. The third kappa shape index (κ3) is 5.34. The number of fused-ring (bicyclic) bond motifs is 1. The number of hydrogen-bond acceptors (Lipinski definition) is 14. The first-order valence-corrected chi connectivity index (χ1v) is 13.3. The maximum absolute atomic E-state index is 12.1. The number of aromatic nitrogens is 3. The minimum atomic E-state index is -3.57. The van der Waals surface area contributed by atoms with Crippen molar-refractivity contribution in [1.82, 2.24) is 14.8 Å². The van der Waals surface area contributed by atoms with Crippen LogP contribution in [0.1, 0.15) is 5.69 Å². The molecule has 0 aliphatic carbocycles. The number of aliphatic hydroxyl groups excluding tert-OH is 1. The zero-order valence-electron chi connectivity index (χ0n) is 18.9. The van der Waals surface area contributed by atoms with Gasteiger partial charge in [0, 0.05) is 6.07 Å². The number of methoxy groups -OCH3 is 1. The van der Waals surface area contributed by atoms with Crippen LogP contribution in [0.15, 0.2) is 56.4 Å². The summed E-state index contributed by atoms with van der Waals surface area (Å²) in [6.45, 7) is 1.26. The maximum atomic E-state index is 12.1. The van der Waals surface area contributed by atoms with Gasteiger partial charge in [0.2, 0.25) is 5.13 Å². The van der Waals surface area contributed by atoms with Crippen LogP contribution < -0.4 is 10.5 Å². The van der Waals surface area contributed by atoms with Gasteiger partial charge in [0.15, 0.2) is 21.3 Å². The predicted octanol–water partition coefficient (Wildman–Crippen LogP) is 3.99. The predicted molar refractivity (Wildman–Crippen MR) is 133 cm³/mol. The van der Waals surface area contributed by atoms with Gasteiger partial charge in [-0.25, -0.2) is 23.3 Å². The lowest BCUT2D eigenvalue weighted by atomic mass is 10.3. The molecule has 16 heteroatoms. The second-order valence-corrected chi connectivity index (χ2v) is 11.0. The molecule has 36 heavy (non-hydrogen) atoms. The molecule has 2 aromatic carbocycles. The van der Waals surface area contributed by atoms with Crippen molar-refractivity contribution in [3.05, 3.63) is 42.1 Å². The largest absolute Gasteiger partial charge is 0.495 e. The number of hydrogen-bond donors (Lipinski definition) is 3. The first-order chi connectivity index (χ1) is 17.3. The number of anilines is 1. The molecule has 0 aliphatic heterocycles. The Morgan fingerprint density at radius 1 is 1.22 bits per heavy atom. The molecule has 0 atom stereocenters. The van der Waals surface area contributed by atoms with Gasteiger partial charge in [0.25, 0.3) is 0 Å². The van der Waals surface area contributed by atoms with Gasteiger partial charge in [0.1, 0.15) is 5.75 Å². The average molecular weight is 553 g/mol. The van der Waals surface area contributed by atoms with E-state index in [-0.39, 0.29) is 16.5 Å². The van der Waals surface area contributed by atoms with Crippen LogP contribution in [0.3, 0.4) is 0 Å². The van der Waals surface area contributed by atoms with E-state index < -0.39 is 16.4 Å². The Balaban J connectivity index is 1.61. The Labute approximate surface area is 213 Å². The van der Waals surface area contributed by atoms with E-state index in [0.717, 1.165) is 16.7 Å². The van der Waals surface area contributed by atoms with Crippen LogP contribution in [0.4, 0.5) is 16.6 Å². The van der Waals surface area contributed by atoms with Crippen LogP contribution in [0.5, 0.6) is 5.75 Å². The number of rotatable bonds is 10. The smallest absolute Gasteiger partial charge is 0.231 e. The monoisotopic (exact) mass is 552 g/mol. The molecule has 13 nitrogen and oxygen atoms in total. The molecule has 4 N–H and O–H groups in total. The molecule has 2 heterocycles. The maximum Gasteiger partial charge on any atom is 0.231 e. The number of aliphatic hydroxyl groups is 1. The second kappa shape index (κ2) is 10.9. The number of azo groups is 1. The summed E-state index contributed by atoms with van der Waals surface area (Å²) in [5, 5.41) is 34.2. The molecule has 0 amide bonds. The van der Waals surface area contributed by atoms with Crippen molar-refractivity contribution in [2.24, 2.45) is 10.2 Å². The van der Waals surface area contributed by atoms with Gasteiger partial charge in [-0.15, -0.1) is 14.6 Å². The van der Waals surface area contributed by atoms with E-state index in [1.807, 2.05) is 0 Å². The minimum absolute atomic E-state index is 0.0899. The highest BCUT2D eigenvalue weighted by Gasteiger charge is 2.17. The van der Waals surface area contributed by atoms with Gasteiger partial charge in [-0.05, 0) is 37.3 Å². The van der Waals surface area contributed by atoms with Gasteiger partial charge < -0.3 is 15.6 Å². The van der Waals surface area contributed by atoms with Crippen molar-refractivity contribution in [1.29, 1.82) is 0 Å². The Morgan fingerprint density at radius 3 is 2.64 bits per heavy atom. The summed E-state index contributed by atoms with van der Waals surface area (Å²) in [5.41, 5.74) is 8.26. The molecule has 4 rings (SSSR count). The quantitative estimate of drug-likeness (QED) is 0.112. The highest BCUT2D eigenvalue weighted by Crippen LogP contribution is 2.39. The van der Waals surface area contributed by atoms with Crippen molar-refractivity contribution < 1.29 is 32.9 Å². The first kappa shape index (κ1) is 26.0. The van der Waals surface area contributed by atoms with Gasteiger partial charge in [-0.2, -0.15) is 5.10 Å². The lowest BCUT2D eigenvalue weighted by Gasteiger charge is -2.06. The SMILES string of the molecule is COc1cc2sc(/N=N/c3c(C)nn(-c4ccc(S(=O)(=O)CCO)cc4)c3N)nc2cc1SOOO. The summed E-state index contributed by atoms with van der Waals surface area (Å²) in [4.78, 5) is 5.05. The van der Waals surface area contributed by atoms with E-state index in [4.69, 9.17) is 20.8 Å². The number of ether oxygens (including phenoxy) is 1. The number of nitrogens with two attached hydrogens (primary N) is 1. The van der Waals surface area contributed by atoms with E-state index in [9.17, 15) is 8.42 Å². The minimum Gasteiger partial charge on any atom is -0.495 e. The molecule has 190 valence electrons. The van der Waals surface area contributed by atoms with Crippen LogP contribution in [-0.2, 0) is 19.2 Å². The Kier molecular flexibility index (Phi) is 7.84. The number of nitrogen functional groups attached to an aromatic ring is 1. The van der Waals surface area contributed by atoms with Gasteiger partial charge >= 0.3 is 0 Å². The Morgan fingerprint density at radius 2 is 1.97 bits per heavy atom. The third-order valence-corrected chi connectivity index (χ3v) is 8.16. The Hall–Kier alpha value is -3.12. The van der Waals surface area contributed by atoms with E-state index in [1.165, 1.54) is 35.3 Å². The van der Waals surface area contributed by atoms with Gasteiger partial charge in [-0.3, -0.25) is 0 Å². The fourth-order valence-electron chi connectivity index (χ4n) is 3.23. The molecule has 2 aromatic heterocycles. The molecule has 0 saturated carbocycles. The normalized spacial score (nSPS) is 12.1. The zero-order chi connectivity index (χ0) is 25.9. The molecule has 0 bridgehead atoms. The lowest BCUT2D eigenvalue weighted by molar-refractivity contribution is -0.432. The van der Waals surface area contributed by atoms with Crippen LogP contribution >= 0.6 is 23.4 Å². The molecule has 0 aliphatic rings. The Bertz CT molecular complexity index is 1520. The van der Waals surface area contributed by atoms with Gasteiger partial charge in [-0.1, -0.05) is 16.4 Å². The van der Waals surface area contributed by atoms with Crippen molar-refractivity contribution in [3.8, 4) is 11.4 Å². The highest BCUT2D eigenvalue weighted by molar-refractivity contribution is 7.94. The number of thiazole rings is 1.